The number of nitrogens with zero attached hydrogens (tertiary/aromatic N) is 1. The van der Waals surface area contributed by atoms with Gasteiger partial charge in [-0.05, 0) is 24.8 Å². The molecule has 2 rings (SSSR count). The fourth-order valence-electron chi connectivity index (χ4n) is 2.85. The van der Waals surface area contributed by atoms with Crippen molar-refractivity contribution in [3.05, 3.63) is 30.2 Å². The molecule has 6 nitrogen and oxygen atoms in total. The van der Waals surface area contributed by atoms with E-state index in [2.05, 4.69) is 22.4 Å². The lowest BCUT2D eigenvalue weighted by Gasteiger charge is -2.30. The molecule has 126 valence electrons. The second kappa shape index (κ2) is 7.94. The molecule has 0 aromatic carbocycles. The second-order valence-electron chi connectivity index (χ2n) is 6.30. The van der Waals surface area contributed by atoms with Gasteiger partial charge in [-0.3, -0.25) is 9.59 Å². The fourth-order valence-corrected chi connectivity index (χ4v) is 2.85. The Hall–Kier alpha value is -2.11. The molecule has 0 bridgehead atoms. The van der Waals surface area contributed by atoms with Crippen molar-refractivity contribution >= 4 is 11.8 Å². The molecule has 0 aliphatic heterocycles. The van der Waals surface area contributed by atoms with E-state index in [4.69, 9.17) is 4.52 Å². The van der Waals surface area contributed by atoms with Crippen LogP contribution in [0.4, 0.5) is 0 Å². The molecule has 1 aliphatic rings. The summed E-state index contributed by atoms with van der Waals surface area (Å²) >= 11 is 0. The highest BCUT2D eigenvalue weighted by atomic mass is 16.5. The smallest absolute Gasteiger partial charge is 0.243 e. The molecule has 0 saturated heterocycles. The van der Waals surface area contributed by atoms with Crippen LogP contribution in [-0.4, -0.2) is 23.0 Å². The Morgan fingerprint density at radius 3 is 2.83 bits per heavy atom. The van der Waals surface area contributed by atoms with Crippen LogP contribution in [0.5, 0.6) is 0 Å². The summed E-state index contributed by atoms with van der Waals surface area (Å²) < 4.78 is 5.22. The van der Waals surface area contributed by atoms with Crippen LogP contribution in [0.15, 0.2) is 23.2 Å². The van der Waals surface area contributed by atoms with Crippen molar-refractivity contribution in [2.24, 2.45) is 5.92 Å². The number of hydrogen-bond donors (Lipinski definition) is 2. The first-order chi connectivity index (χ1) is 11.0. The molecule has 1 aliphatic carbocycles. The monoisotopic (exact) mass is 319 g/mol. The van der Waals surface area contributed by atoms with Gasteiger partial charge in [-0.25, -0.2) is 0 Å². The minimum absolute atomic E-state index is 0.0541. The molecule has 1 saturated carbocycles. The molecule has 1 aromatic rings. The number of hydrogen-bond acceptors (Lipinski definition) is 4. The molecule has 1 heterocycles. The third kappa shape index (κ3) is 4.68. The van der Waals surface area contributed by atoms with Crippen LogP contribution in [0.2, 0.25) is 0 Å². The highest BCUT2D eigenvalue weighted by molar-refractivity contribution is 5.88. The zero-order valence-corrected chi connectivity index (χ0v) is 13.8. The third-order valence-electron chi connectivity index (χ3n) is 4.22. The average molecular weight is 319 g/mol. The largest absolute Gasteiger partial charge is 0.359 e. The lowest BCUT2D eigenvalue weighted by Crippen LogP contribution is -2.47. The molecule has 0 radical (unpaired) electrons. The van der Waals surface area contributed by atoms with Crippen LogP contribution < -0.4 is 10.6 Å². The second-order valence-corrected chi connectivity index (χ2v) is 6.30. The Morgan fingerprint density at radius 2 is 2.17 bits per heavy atom. The van der Waals surface area contributed by atoms with Crippen LogP contribution in [-0.2, 0) is 16.1 Å². The first-order valence-corrected chi connectivity index (χ1v) is 8.17. The van der Waals surface area contributed by atoms with E-state index >= 15 is 0 Å². The Kier molecular flexibility index (Phi) is 5.96. The predicted molar refractivity (Wildman–Crippen MR) is 86.5 cm³/mol. The van der Waals surface area contributed by atoms with Gasteiger partial charge in [0.15, 0.2) is 5.76 Å². The van der Waals surface area contributed by atoms with Gasteiger partial charge < -0.3 is 15.2 Å². The van der Waals surface area contributed by atoms with E-state index in [0.29, 0.717) is 18.2 Å². The van der Waals surface area contributed by atoms with E-state index in [1.165, 1.54) is 6.08 Å². The van der Waals surface area contributed by atoms with Gasteiger partial charge >= 0.3 is 0 Å². The number of rotatable bonds is 6. The molecule has 2 atom stereocenters. The van der Waals surface area contributed by atoms with Gasteiger partial charge in [0.1, 0.15) is 0 Å². The number of aromatic nitrogens is 1. The van der Waals surface area contributed by atoms with E-state index in [1.807, 2.05) is 19.9 Å². The third-order valence-corrected chi connectivity index (χ3v) is 4.22. The lowest BCUT2D eigenvalue weighted by molar-refractivity contribution is -0.127. The minimum atomic E-state index is -0.230. The zero-order valence-electron chi connectivity index (χ0n) is 13.8. The molecular weight excluding hydrogens is 294 g/mol. The summed E-state index contributed by atoms with van der Waals surface area (Å²) in [6.45, 7) is 7.85. The average Bonchev–Trinajstić information content (AvgIpc) is 3.02. The fraction of sp³-hybridized carbons (Fsp3) is 0.588. The quantitative estimate of drug-likeness (QED) is 0.788. The summed E-state index contributed by atoms with van der Waals surface area (Å²) in [5.41, 5.74) is 0.878. The molecular formula is C17H25N3O3. The first kappa shape index (κ1) is 17.2. The summed E-state index contributed by atoms with van der Waals surface area (Å²) in [5.74, 6) is 0.442. The molecule has 23 heavy (non-hydrogen) atoms. The van der Waals surface area contributed by atoms with Crippen LogP contribution in [0.25, 0.3) is 0 Å². The highest BCUT2D eigenvalue weighted by Gasteiger charge is 2.31. The van der Waals surface area contributed by atoms with Crippen molar-refractivity contribution < 1.29 is 14.1 Å². The lowest BCUT2D eigenvalue weighted by atomic mass is 9.83. The zero-order chi connectivity index (χ0) is 16.8. The van der Waals surface area contributed by atoms with E-state index in [-0.39, 0.29) is 23.8 Å². The molecule has 2 amide bonds. The Bertz CT molecular complexity index is 565. The molecule has 2 N–H and O–H groups in total. The maximum absolute atomic E-state index is 12.4. The van der Waals surface area contributed by atoms with Crippen LogP contribution in [0, 0.1) is 5.92 Å². The molecule has 0 unspecified atom stereocenters. The van der Waals surface area contributed by atoms with E-state index in [0.717, 1.165) is 31.4 Å². The summed E-state index contributed by atoms with van der Waals surface area (Å²) in [7, 11) is 0. The summed E-state index contributed by atoms with van der Waals surface area (Å²) in [6, 6.07) is 1.73. The van der Waals surface area contributed by atoms with Gasteiger partial charge in [0, 0.05) is 12.1 Å². The van der Waals surface area contributed by atoms with Crippen LogP contribution in [0.1, 0.15) is 56.9 Å². The minimum Gasteiger partial charge on any atom is -0.359 e. The van der Waals surface area contributed by atoms with E-state index < -0.39 is 0 Å². The number of nitrogens with one attached hydrogen (secondary N) is 2. The van der Waals surface area contributed by atoms with Gasteiger partial charge in [-0.2, -0.15) is 0 Å². The van der Waals surface area contributed by atoms with E-state index in [1.54, 1.807) is 0 Å². The predicted octanol–water partition coefficient (Wildman–Crippen LogP) is 2.28. The summed E-state index contributed by atoms with van der Waals surface area (Å²) in [6.07, 6.45) is 4.86. The highest BCUT2D eigenvalue weighted by Crippen LogP contribution is 2.25. The van der Waals surface area contributed by atoms with Crippen molar-refractivity contribution in [3.63, 3.8) is 0 Å². The van der Waals surface area contributed by atoms with Crippen molar-refractivity contribution in [1.82, 2.24) is 15.8 Å². The maximum atomic E-state index is 12.4. The SMILES string of the molecule is C=CC(=O)N[C@@H]1CCCC[C@@H]1C(=O)NCc1cc(C(C)C)no1. The summed E-state index contributed by atoms with van der Waals surface area (Å²) in [4.78, 5) is 24.0. The Morgan fingerprint density at radius 1 is 1.43 bits per heavy atom. The Balaban J connectivity index is 1.91. The topological polar surface area (TPSA) is 84.2 Å². The summed E-state index contributed by atoms with van der Waals surface area (Å²) in [5, 5.41) is 9.73. The van der Waals surface area contributed by atoms with Crippen molar-refractivity contribution in [1.29, 1.82) is 0 Å². The van der Waals surface area contributed by atoms with Crippen molar-refractivity contribution in [2.45, 2.75) is 58.0 Å². The molecule has 0 spiro atoms. The standard InChI is InChI=1S/C17H25N3O3/c1-4-16(21)19-14-8-6-5-7-13(14)17(22)18-10-12-9-15(11(2)3)20-23-12/h4,9,11,13-14H,1,5-8,10H2,2-3H3,(H,18,22)(H,19,21)/t13-,14+/m0/s1. The van der Waals surface area contributed by atoms with Gasteiger partial charge in [0.25, 0.3) is 0 Å². The van der Waals surface area contributed by atoms with Crippen LogP contribution >= 0.6 is 0 Å². The van der Waals surface area contributed by atoms with Crippen LogP contribution in [0.3, 0.4) is 0 Å². The van der Waals surface area contributed by atoms with Gasteiger partial charge in [0.05, 0.1) is 18.2 Å². The van der Waals surface area contributed by atoms with E-state index in [9.17, 15) is 9.59 Å². The first-order valence-electron chi connectivity index (χ1n) is 8.17. The number of carbonyl (C=O) groups excluding carboxylic acids is 2. The van der Waals surface area contributed by atoms with Crippen molar-refractivity contribution in [3.8, 4) is 0 Å². The number of carbonyl (C=O) groups is 2. The van der Waals surface area contributed by atoms with Crippen molar-refractivity contribution in [2.75, 3.05) is 0 Å². The molecule has 1 fully saturated rings. The normalized spacial score (nSPS) is 21.0. The van der Waals surface area contributed by atoms with Gasteiger partial charge in [0.2, 0.25) is 11.8 Å². The molecule has 1 aromatic heterocycles. The maximum Gasteiger partial charge on any atom is 0.243 e. The van der Waals surface area contributed by atoms with Gasteiger partial charge in [-0.15, -0.1) is 0 Å². The number of amides is 2. The molecule has 6 heteroatoms. The Labute approximate surface area is 136 Å². The van der Waals surface area contributed by atoms with Gasteiger partial charge in [-0.1, -0.05) is 38.4 Å².